The van der Waals surface area contributed by atoms with Crippen molar-refractivity contribution < 1.29 is 9.90 Å². The number of rotatable bonds is 4. The van der Waals surface area contributed by atoms with Crippen LogP contribution in [0.1, 0.15) is 39.5 Å². The van der Waals surface area contributed by atoms with Crippen molar-refractivity contribution in [3.05, 3.63) is 107 Å². The zero-order chi connectivity index (χ0) is 17.3. The molecular formula is C22H19NO2. The molecule has 3 heteroatoms. The van der Waals surface area contributed by atoms with Gasteiger partial charge in [-0.25, -0.2) is 0 Å². The van der Waals surface area contributed by atoms with Crippen LogP contribution in [0.15, 0.2) is 84.9 Å². The maximum atomic E-state index is 12.2. The lowest BCUT2D eigenvalue weighted by molar-refractivity contribution is 0.0586. The molecule has 3 aromatic rings. The van der Waals surface area contributed by atoms with E-state index in [-0.39, 0.29) is 11.9 Å². The molecule has 124 valence electrons. The van der Waals surface area contributed by atoms with Crippen LogP contribution in [0.2, 0.25) is 0 Å². The summed E-state index contributed by atoms with van der Waals surface area (Å²) in [5, 5.41) is 14.7. The van der Waals surface area contributed by atoms with Crippen LogP contribution < -0.4 is 5.32 Å². The van der Waals surface area contributed by atoms with Gasteiger partial charge in [0.1, 0.15) is 5.60 Å². The Hall–Kier alpha value is -2.91. The summed E-state index contributed by atoms with van der Waals surface area (Å²) >= 11 is 0. The molecule has 0 fully saturated rings. The maximum Gasteiger partial charge on any atom is 0.252 e. The SMILES string of the molecule is O=C1NC(CC(O)(c2ccccc2)c2ccccc2)c2ccccc21. The molecule has 0 saturated carbocycles. The van der Waals surface area contributed by atoms with Crippen molar-refractivity contribution in [2.45, 2.75) is 18.1 Å². The second-order valence-corrected chi connectivity index (χ2v) is 6.41. The zero-order valence-electron chi connectivity index (χ0n) is 13.7. The van der Waals surface area contributed by atoms with E-state index >= 15 is 0 Å². The molecular weight excluding hydrogens is 310 g/mol. The summed E-state index contributed by atoms with van der Waals surface area (Å²) < 4.78 is 0. The van der Waals surface area contributed by atoms with Gasteiger partial charge in [-0.3, -0.25) is 4.79 Å². The van der Waals surface area contributed by atoms with Crippen molar-refractivity contribution >= 4 is 5.91 Å². The lowest BCUT2D eigenvalue weighted by Gasteiger charge is -2.32. The molecule has 0 saturated heterocycles. The molecule has 1 amide bonds. The molecule has 0 aromatic heterocycles. The summed E-state index contributed by atoms with van der Waals surface area (Å²) in [4.78, 5) is 12.2. The molecule has 25 heavy (non-hydrogen) atoms. The largest absolute Gasteiger partial charge is 0.380 e. The minimum absolute atomic E-state index is 0.0796. The fourth-order valence-electron chi connectivity index (χ4n) is 3.61. The molecule has 1 heterocycles. The van der Waals surface area contributed by atoms with Crippen LogP contribution in [0, 0.1) is 0 Å². The second-order valence-electron chi connectivity index (χ2n) is 6.41. The quantitative estimate of drug-likeness (QED) is 0.765. The fraction of sp³-hybridized carbons (Fsp3) is 0.136. The first-order chi connectivity index (χ1) is 12.2. The Balaban J connectivity index is 1.78. The summed E-state index contributed by atoms with van der Waals surface area (Å²) in [5.74, 6) is -0.0796. The standard InChI is InChI=1S/C22H19NO2/c24-21-19-14-8-7-13-18(19)20(23-21)15-22(25,16-9-3-1-4-10-16)17-11-5-2-6-12-17/h1-14,20,25H,15H2,(H,23,24). The summed E-state index contributed by atoms with van der Waals surface area (Å²) in [6, 6.07) is 26.6. The van der Waals surface area contributed by atoms with Gasteiger partial charge in [0.05, 0.1) is 6.04 Å². The minimum Gasteiger partial charge on any atom is -0.380 e. The highest BCUT2D eigenvalue weighted by molar-refractivity contribution is 5.99. The van der Waals surface area contributed by atoms with Gasteiger partial charge >= 0.3 is 0 Å². The summed E-state index contributed by atoms with van der Waals surface area (Å²) in [5.41, 5.74) is 2.09. The van der Waals surface area contributed by atoms with Gasteiger partial charge in [0, 0.05) is 12.0 Å². The van der Waals surface area contributed by atoms with Crippen molar-refractivity contribution in [3.63, 3.8) is 0 Å². The highest BCUT2D eigenvalue weighted by atomic mass is 16.3. The molecule has 2 N–H and O–H groups in total. The topological polar surface area (TPSA) is 49.3 Å². The van der Waals surface area contributed by atoms with Gasteiger partial charge in [0.2, 0.25) is 0 Å². The van der Waals surface area contributed by atoms with Crippen molar-refractivity contribution in [2.24, 2.45) is 0 Å². The number of aliphatic hydroxyl groups is 1. The van der Waals surface area contributed by atoms with Gasteiger partial charge in [-0.1, -0.05) is 78.9 Å². The van der Waals surface area contributed by atoms with Crippen LogP contribution in [-0.4, -0.2) is 11.0 Å². The van der Waals surface area contributed by atoms with E-state index in [1.165, 1.54) is 0 Å². The Morgan fingerprint density at radius 3 is 1.92 bits per heavy atom. The summed E-state index contributed by atoms with van der Waals surface area (Å²) in [6.45, 7) is 0. The van der Waals surface area contributed by atoms with Gasteiger partial charge in [-0.2, -0.15) is 0 Å². The fourth-order valence-corrected chi connectivity index (χ4v) is 3.61. The average Bonchev–Trinajstić information content (AvgIpc) is 2.99. The monoisotopic (exact) mass is 329 g/mol. The minimum atomic E-state index is -1.18. The van der Waals surface area contributed by atoms with Crippen LogP contribution in [-0.2, 0) is 5.60 Å². The van der Waals surface area contributed by atoms with E-state index in [9.17, 15) is 9.90 Å². The maximum absolute atomic E-state index is 12.2. The van der Waals surface area contributed by atoms with E-state index < -0.39 is 5.60 Å². The van der Waals surface area contributed by atoms with Crippen LogP contribution >= 0.6 is 0 Å². The number of hydrogen-bond acceptors (Lipinski definition) is 2. The van der Waals surface area contributed by atoms with Crippen molar-refractivity contribution in [1.82, 2.24) is 5.32 Å². The molecule has 0 spiro atoms. The van der Waals surface area contributed by atoms with E-state index in [4.69, 9.17) is 0 Å². The first-order valence-corrected chi connectivity index (χ1v) is 8.42. The number of carbonyl (C=O) groups excluding carboxylic acids is 1. The Kier molecular flexibility index (Phi) is 3.86. The molecule has 1 aliphatic rings. The number of benzene rings is 3. The molecule has 1 unspecified atom stereocenters. The summed E-state index contributed by atoms with van der Waals surface area (Å²) in [6.07, 6.45) is 0.379. The lowest BCUT2D eigenvalue weighted by Crippen LogP contribution is -2.33. The molecule has 3 nitrogen and oxygen atoms in total. The molecule has 1 atom stereocenters. The van der Waals surface area contributed by atoms with E-state index in [1.54, 1.807) is 0 Å². The number of carbonyl (C=O) groups is 1. The van der Waals surface area contributed by atoms with Crippen molar-refractivity contribution in [3.8, 4) is 0 Å². The van der Waals surface area contributed by atoms with E-state index in [0.717, 1.165) is 16.7 Å². The van der Waals surface area contributed by atoms with Crippen LogP contribution in [0.4, 0.5) is 0 Å². The Labute approximate surface area is 147 Å². The predicted octanol–water partition coefficient (Wildman–Crippen LogP) is 3.80. The normalized spacial score (nSPS) is 16.4. The van der Waals surface area contributed by atoms with Crippen molar-refractivity contribution in [2.75, 3.05) is 0 Å². The number of fused-ring (bicyclic) bond motifs is 1. The smallest absolute Gasteiger partial charge is 0.252 e. The van der Waals surface area contributed by atoms with E-state index in [1.807, 2.05) is 84.9 Å². The van der Waals surface area contributed by atoms with Gasteiger partial charge in [0.15, 0.2) is 0 Å². The molecule has 1 aliphatic heterocycles. The highest BCUT2D eigenvalue weighted by Crippen LogP contribution is 2.40. The third-order valence-electron chi connectivity index (χ3n) is 4.89. The molecule has 0 aliphatic carbocycles. The van der Waals surface area contributed by atoms with Crippen LogP contribution in [0.5, 0.6) is 0 Å². The predicted molar refractivity (Wildman–Crippen MR) is 97.1 cm³/mol. The third-order valence-corrected chi connectivity index (χ3v) is 4.89. The molecule has 4 rings (SSSR count). The molecule has 3 aromatic carbocycles. The number of amides is 1. The molecule has 0 bridgehead atoms. The second kappa shape index (κ2) is 6.19. The third kappa shape index (κ3) is 2.73. The first-order valence-electron chi connectivity index (χ1n) is 8.42. The average molecular weight is 329 g/mol. The summed E-state index contributed by atoms with van der Waals surface area (Å²) in [7, 11) is 0. The van der Waals surface area contributed by atoms with Gasteiger partial charge in [-0.05, 0) is 22.8 Å². The van der Waals surface area contributed by atoms with Crippen molar-refractivity contribution in [1.29, 1.82) is 0 Å². The van der Waals surface area contributed by atoms with Gasteiger partial charge in [-0.15, -0.1) is 0 Å². The Bertz CT molecular complexity index is 851. The Morgan fingerprint density at radius 2 is 1.32 bits per heavy atom. The zero-order valence-corrected chi connectivity index (χ0v) is 13.7. The van der Waals surface area contributed by atoms with E-state index in [0.29, 0.717) is 12.0 Å². The highest BCUT2D eigenvalue weighted by Gasteiger charge is 2.38. The van der Waals surface area contributed by atoms with Crippen LogP contribution in [0.3, 0.4) is 0 Å². The van der Waals surface area contributed by atoms with E-state index in [2.05, 4.69) is 5.32 Å². The van der Waals surface area contributed by atoms with Gasteiger partial charge in [0.25, 0.3) is 5.91 Å². The van der Waals surface area contributed by atoms with Gasteiger partial charge < -0.3 is 10.4 Å². The Morgan fingerprint density at radius 1 is 0.800 bits per heavy atom. The van der Waals surface area contributed by atoms with Crippen LogP contribution in [0.25, 0.3) is 0 Å². The first kappa shape index (κ1) is 15.6. The lowest BCUT2D eigenvalue weighted by atomic mass is 9.80. The number of nitrogens with one attached hydrogen (secondary N) is 1. The number of hydrogen-bond donors (Lipinski definition) is 2. The molecule has 0 radical (unpaired) electrons.